The number of nitro benzene ring substituents is 1. The van der Waals surface area contributed by atoms with Crippen LogP contribution in [0, 0.1) is 10.1 Å². The third kappa shape index (κ3) is 2.75. The molecular formula is C14H11N3O3S2. The molecule has 0 N–H and O–H groups in total. The lowest BCUT2D eigenvalue weighted by molar-refractivity contribution is -0.384. The lowest BCUT2D eigenvalue weighted by Gasteiger charge is -2.06. The highest BCUT2D eigenvalue weighted by molar-refractivity contribution is 7.98. The number of fused-ring (bicyclic) bond motifs is 1. The van der Waals surface area contributed by atoms with Gasteiger partial charge in [0.05, 0.1) is 10.3 Å². The number of non-ortho nitro benzene ring substituents is 1. The molecular weight excluding hydrogens is 322 g/mol. The molecule has 2 aromatic heterocycles. The van der Waals surface area contributed by atoms with Crippen LogP contribution >= 0.6 is 23.1 Å². The Labute approximate surface area is 133 Å². The van der Waals surface area contributed by atoms with Gasteiger partial charge in [-0.2, -0.15) is 0 Å². The molecule has 2 heterocycles. The quantitative estimate of drug-likeness (QED) is 0.317. The molecule has 0 aliphatic carbocycles. The Balaban J connectivity index is 1.83. The zero-order valence-electron chi connectivity index (χ0n) is 11.6. The number of hydrogen-bond donors (Lipinski definition) is 0. The molecule has 0 saturated heterocycles. The monoisotopic (exact) mass is 333 g/mol. The fraction of sp³-hybridized carbons (Fsp3) is 0.143. The summed E-state index contributed by atoms with van der Waals surface area (Å²) in [5.41, 5.74) is 0.952. The van der Waals surface area contributed by atoms with Gasteiger partial charge in [0.25, 0.3) is 11.2 Å². The van der Waals surface area contributed by atoms with E-state index in [2.05, 4.69) is 4.98 Å². The van der Waals surface area contributed by atoms with Gasteiger partial charge in [-0.15, -0.1) is 11.3 Å². The lowest BCUT2D eigenvalue weighted by Crippen LogP contribution is -2.19. The molecule has 0 spiro atoms. The Hall–Kier alpha value is -2.19. The van der Waals surface area contributed by atoms with E-state index in [1.165, 1.54) is 39.8 Å². The number of thiophene rings is 1. The summed E-state index contributed by atoms with van der Waals surface area (Å²) in [6, 6.07) is 8.16. The molecule has 8 heteroatoms. The van der Waals surface area contributed by atoms with E-state index in [0.717, 1.165) is 10.4 Å². The number of aromatic nitrogens is 2. The van der Waals surface area contributed by atoms with E-state index in [4.69, 9.17) is 0 Å². The first-order chi connectivity index (χ1) is 10.6. The summed E-state index contributed by atoms with van der Waals surface area (Å²) in [5.74, 6) is 0.592. The molecule has 0 radical (unpaired) electrons. The van der Waals surface area contributed by atoms with Gasteiger partial charge in [0.2, 0.25) is 0 Å². The first-order valence-electron chi connectivity index (χ1n) is 6.36. The van der Waals surface area contributed by atoms with Crippen LogP contribution in [-0.2, 0) is 12.8 Å². The number of thioether (sulfide) groups is 1. The third-order valence-electron chi connectivity index (χ3n) is 3.18. The van der Waals surface area contributed by atoms with E-state index in [1.54, 1.807) is 25.2 Å². The number of benzene rings is 1. The van der Waals surface area contributed by atoms with E-state index >= 15 is 0 Å². The number of nitrogens with zero attached hydrogens (tertiary/aromatic N) is 3. The minimum absolute atomic E-state index is 0.0579. The van der Waals surface area contributed by atoms with Gasteiger partial charge in [0, 0.05) is 24.9 Å². The average molecular weight is 333 g/mol. The van der Waals surface area contributed by atoms with E-state index in [0.29, 0.717) is 16.3 Å². The summed E-state index contributed by atoms with van der Waals surface area (Å²) in [6.07, 6.45) is 0. The van der Waals surface area contributed by atoms with Gasteiger partial charge in [-0.1, -0.05) is 23.9 Å². The normalized spacial score (nSPS) is 11.0. The Morgan fingerprint density at radius 3 is 2.73 bits per heavy atom. The Morgan fingerprint density at radius 2 is 2.05 bits per heavy atom. The van der Waals surface area contributed by atoms with Crippen LogP contribution in [0.25, 0.3) is 10.2 Å². The summed E-state index contributed by atoms with van der Waals surface area (Å²) >= 11 is 2.87. The van der Waals surface area contributed by atoms with Gasteiger partial charge < -0.3 is 0 Å². The molecule has 0 fully saturated rings. The third-order valence-corrected chi connectivity index (χ3v) is 5.09. The van der Waals surface area contributed by atoms with Crippen LogP contribution in [0.5, 0.6) is 0 Å². The molecule has 6 nitrogen and oxygen atoms in total. The van der Waals surface area contributed by atoms with Crippen LogP contribution in [0.4, 0.5) is 5.69 Å². The Morgan fingerprint density at radius 1 is 1.32 bits per heavy atom. The second-order valence-electron chi connectivity index (χ2n) is 4.61. The molecule has 0 amide bonds. The van der Waals surface area contributed by atoms with Crippen molar-refractivity contribution < 1.29 is 4.92 Å². The second-order valence-corrected chi connectivity index (χ2v) is 6.45. The van der Waals surface area contributed by atoms with Crippen molar-refractivity contribution in [3.63, 3.8) is 0 Å². The molecule has 112 valence electrons. The highest BCUT2D eigenvalue weighted by atomic mass is 32.2. The summed E-state index contributed by atoms with van der Waals surface area (Å²) in [7, 11) is 1.70. The van der Waals surface area contributed by atoms with Crippen molar-refractivity contribution in [2.45, 2.75) is 10.9 Å². The largest absolute Gasteiger partial charge is 0.290 e. The SMILES string of the molecule is Cn1c(SCc2ccc([N+](=O)[O-])cc2)nc2sccc2c1=O. The van der Waals surface area contributed by atoms with Crippen LogP contribution in [0.15, 0.2) is 45.7 Å². The van der Waals surface area contributed by atoms with Crippen molar-refractivity contribution >= 4 is 39.0 Å². The molecule has 3 aromatic rings. The van der Waals surface area contributed by atoms with Crippen molar-refractivity contribution in [3.8, 4) is 0 Å². The van der Waals surface area contributed by atoms with E-state index in [-0.39, 0.29) is 11.2 Å². The minimum Gasteiger partial charge on any atom is -0.290 e. The summed E-state index contributed by atoms with van der Waals surface area (Å²) in [5, 5.41) is 13.7. The maximum Gasteiger partial charge on any atom is 0.269 e. The van der Waals surface area contributed by atoms with Gasteiger partial charge >= 0.3 is 0 Å². The van der Waals surface area contributed by atoms with Crippen LogP contribution in [-0.4, -0.2) is 14.5 Å². The molecule has 0 aliphatic rings. The molecule has 22 heavy (non-hydrogen) atoms. The van der Waals surface area contributed by atoms with Crippen LogP contribution < -0.4 is 5.56 Å². The average Bonchev–Trinajstić information content (AvgIpc) is 2.98. The maximum absolute atomic E-state index is 12.2. The van der Waals surface area contributed by atoms with E-state index in [9.17, 15) is 14.9 Å². The van der Waals surface area contributed by atoms with Crippen LogP contribution in [0.1, 0.15) is 5.56 Å². The highest BCUT2D eigenvalue weighted by Gasteiger charge is 2.10. The van der Waals surface area contributed by atoms with Crippen molar-refractivity contribution in [3.05, 3.63) is 61.7 Å². The summed E-state index contributed by atoms with van der Waals surface area (Å²) < 4.78 is 1.53. The van der Waals surface area contributed by atoms with Crippen molar-refractivity contribution in [1.82, 2.24) is 9.55 Å². The van der Waals surface area contributed by atoms with Crippen LogP contribution in [0.3, 0.4) is 0 Å². The molecule has 0 unspecified atom stereocenters. The van der Waals surface area contributed by atoms with Crippen molar-refractivity contribution in [1.29, 1.82) is 0 Å². The summed E-state index contributed by atoms with van der Waals surface area (Å²) in [4.78, 5) is 27.6. The zero-order chi connectivity index (χ0) is 15.7. The van der Waals surface area contributed by atoms with Crippen LogP contribution in [0.2, 0.25) is 0 Å². The van der Waals surface area contributed by atoms with E-state index < -0.39 is 4.92 Å². The smallest absolute Gasteiger partial charge is 0.269 e. The fourth-order valence-electron chi connectivity index (χ4n) is 1.97. The lowest BCUT2D eigenvalue weighted by atomic mass is 10.2. The molecule has 0 bridgehead atoms. The fourth-order valence-corrected chi connectivity index (χ4v) is 3.70. The van der Waals surface area contributed by atoms with Crippen molar-refractivity contribution in [2.24, 2.45) is 7.05 Å². The first kappa shape index (κ1) is 14.7. The Bertz CT molecular complexity index is 900. The first-order valence-corrected chi connectivity index (χ1v) is 8.23. The van der Waals surface area contributed by atoms with Gasteiger partial charge in [-0.05, 0) is 17.0 Å². The molecule has 0 saturated carbocycles. The van der Waals surface area contributed by atoms with Crippen molar-refractivity contribution in [2.75, 3.05) is 0 Å². The Kier molecular flexibility index (Phi) is 3.95. The minimum atomic E-state index is -0.424. The number of nitro groups is 1. The van der Waals surface area contributed by atoms with Gasteiger partial charge in [-0.3, -0.25) is 19.5 Å². The predicted molar refractivity (Wildman–Crippen MR) is 87.5 cm³/mol. The standard InChI is InChI=1S/C14H11N3O3S2/c1-16-13(18)11-6-7-21-12(11)15-14(16)22-8-9-2-4-10(5-3-9)17(19)20/h2-7H,8H2,1H3. The van der Waals surface area contributed by atoms with Gasteiger partial charge in [-0.25, -0.2) is 4.98 Å². The topological polar surface area (TPSA) is 78.0 Å². The zero-order valence-corrected chi connectivity index (χ0v) is 13.2. The molecule has 0 aliphatic heterocycles. The molecule has 3 rings (SSSR count). The van der Waals surface area contributed by atoms with Gasteiger partial charge in [0.15, 0.2) is 5.16 Å². The summed E-state index contributed by atoms with van der Waals surface area (Å²) in [6.45, 7) is 0. The second kappa shape index (κ2) is 5.90. The molecule has 1 aromatic carbocycles. The molecule has 0 atom stereocenters. The van der Waals surface area contributed by atoms with Gasteiger partial charge in [0.1, 0.15) is 4.83 Å². The van der Waals surface area contributed by atoms with E-state index in [1.807, 2.05) is 5.38 Å². The maximum atomic E-state index is 12.2. The highest BCUT2D eigenvalue weighted by Crippen LogP contribution is 2.24. The predicted octanol–water partition coefficient (Wildman–Crippen LogP) is 3.20. The number of rotatable bonds is 4. The number of hydrogen-bond acceptors (Lipinski definition) is 6.